The van der Waals surface area contributed by atoms with Gasteiger partial charge in [0, 0.05) is 37.9 Å². The third-order valence-electron chi connectivity index (χ3n) is 5.08. The molecule has 3 aromatic rings. The van der Waals surface area contributed by atoms with E-state index in [4.69, 9.17) is 0 Å². The van der Waals surface area contributed by atoms with Crippen LogP contribution in [0.5, 0.6) is 0 Å². The van der Waals surface area contributed by atoms with Gasteiger partial charge in [0.2, 0.25) is 0 Å². The molecule has 0 spiro atoms. The summed E-state index contributed by atoms with van der Waals surface area (Å²) in [7, 11) is 0. The number of hydrogen-bond acceptors (Lipinski definition) is 6. The Morgan fingerprint density at radius 2 is 1.66 bits per heavy atom. The fraction of sp³-hybridized carbons (Fsp3) is 0.273. The number of aromatic nitrogens is 3. The van der Waals surface area contributed by atoms with Crippen molar-refractivity contribution in [3.8, 4) is 0 Å². The largest absolute Gasteiger partial charge is 0.352 e. The van der Waals surface area contributed by atoms with Gasteiger partial charge < -0.3 is 15.1 Å². The van der Waals surface area contributed by atoms with Crippen LogP contribution in [-0.2, 0) is 0 Å². The second-order valence-electron chi connectivity index (χ2n) is 7.22. The second kappa shape index (κ2) is 8.26. The van der Waals surface area contributed by atoms with E-state index in [0.29, 0.717) is 18.9 Å². The lowest BCUT2D eigenvalue weighted by atomic mass is 10.1. The minimum atomic E-state index is 0.0963. The van der Waals surface area contributed by atoms with Gasteiger partial charge in [-0.3, -0.25) is 4.79 Å². The Hall–Kier alpha value is -3.48. The van der Waals surface area contributed by atoms with Crippen LogP contribution in [0, 0.1) is 13.8 Å². The number of benzene rings is 1. The number of hydrogen-bond donors (Lipinski definition) is 1. The summed E-state index contributed by atoms with van der Waals surface area (Å²) in [6, 6.07) is 15.5. The molecule has 0 unspecified atom stereocenters. The summed E-state index contributed by atoms with van der Waals surface area (Å²) < 4.78 is 0. The topological polar surface area (TPSA) is 74.2 Å². The van der Waals surface area contributed by atoms with Gasteiger partial charge in [0.15, 0.2) is 11.6 Å². The summed E-state index contributed by atoms with van der Waals surface area (Å²) in [5, 5.41) is 11.8. The van der Waals surface area contributed by atoms with Gasteiger partial charge in [-0.05, 0) is 49.2 Å². The van der Waals surface area contributed by atoms with Crippen LogP contribution in [0.3, 0.4) is 0 Å². The number of carbonyl (C=O) groups is 1. The molecule has 1 aromatic carbocycles. The first-order chi connectivity index (χ1) is 14.1. The van der Waals surface area contributed by atoms with Crippen LogP contribution in [-0.4, -0.2) is 52.2 Å². The molecule has 4 rings (SSSR count). The maximum absolute atomic E-state index is 12.8. The number of anilines is 3. The standard InChI is InChI=1S/C22H24N6O/c1-16-7-8-19(23-15-16)24-20-9-10-21(26-25-20)27-11-13-28(14-12-27)22(29)18-6-4-3-5-17(18)2/h3-10,15H,11-14H2,1-2H3,(H,23,24,25). The molecule has 0 aliphatic carbocycles. The number of carbonyl (C=O) groups excluding carboxylic acids is 1. The van der Waals surface area contributed by atoms with Crippen molar-refractivity contribution < 1.29 is 4.79 Å². The molecule has 0 saturated carbocycles. The molecule has 1 saturated heterocycles. The lowest BCUT2D eigenvalue weighted by molar-refractivity contribution is 0.0745. The molecule has 3 heterocycles. The van der Waals surface area contributed by atoms with Gasteiger partial charge in [-0.1, -0.05) is 24.3 Å². The molecule has 1 aliphatic rings. The lowest BCUT2D eigenvalue weighted by Gasteiger charge is -2.35. The van der Waals surface area contributed by atoms with Crippen molar-refractivity contribution in [2.24, 2.45) is 0 Å². The van der Waals surface area contributed by atoms with E-state index in [9.17, 15) is 4.79 Å². The summed E-state index contributed by atoms with van der Waals surface area (Å²) in [5.74, 6) is 2.30. The first-order valence-electron chi connectivity index (χ1n) is 9.73. The third-order valence-corrected chi connectivity index (χ3v) is 5.08. The zero-order valence-corrected chi connectivity index (χ0v) is 16.7. The quantitative estimate of drug-likeness (QED) is 0.740. The van der Waals surface area contributed by atoms with Crippen molar-refractivity contribution in [1.29, 1.82) is 0 Å². The highest BCUT2D eigenvalue weighted by molar-refractivity contribution is 5.95. The number of nitrogens with one attached hydrogen (secondary N) is 1. The van der Waals surface area contributed by atoms with Crippen molar-refractivity contribution in [2.75, 3.05) is 36.4 Å². The highest BCUT2D eigenvalue weighted by Gasteiger charge is 2.23. The minimum Gasteiger partial charge on any atom is -0.352 e. The van der Waals surface area contributed by atoms with Crippen LogP contribution in [0.15, 0.2) is 54.7 Å². The van der Waals surface area contributed by atoms with E-state index >= 15 is 0 Å². The Morgan fingerprint density at radius 3 is 2.31 bits per heavy atom. The maximum Gasteiger partial charge on any atom is 0.254 e. The van der Waals surface area contributed by atoms with Crippen LogP contribution in [0.2, 0.25) is 0 Å². The molecule has 1 amide bonds. The van der Waals surface area contributed by atoms with Gasteiger partial charge >= 0.3 is 0 Å². The Labute approximate surface area is 170 Å². The van der Waals surface area contributed by atoms with Crippen molar-refractivity contribution in [3.05, 3.63) is 71.4 Å². The normalized spacial score (nSPS) is 14.0. The van der Waals surface area contributed by atoms with Gasteiger partial charge in [0.05, 0.1) is 0 Å². The molecule has 7 heteroatoms. The molecule has 0 atom stereocenters. The van der Waals surface area contributed by atoms with E-state index < -0.39 is 0 Å². The molecule has 148 valence electrons. The Morgan fingerprint density at radius 1 is 0.897 bits per heavy atom. The average molecular weight is 388 g/mol. The molecule has 1 N–H and O–H groups in total. The number of amides is 1. The van der Waals surface area contributed by atoms with Crippen molar-refractivity contribution in [3.63, 3.8) is 0 Å². The van der Waals surface area contributed by atoms with Crippen LogP contribution in [0.1, 0.15) is 21.5 Å². The van der Waals surface area contributed by atoms with Crippen LogP contribution in [0.25, 0.3) is 0 Å². The predicted molar refractivity (Wildman–Crippen MR) is 114 cm³/mol. The fourth-order valence-corrected chi connectivity index (χ4v) is 3.36. The van der Waals surface area contributed by atoms with E-state index in [2.05, 4.69) is 25.4 Å². The summed E-state index contributed by atoms with van der Waals surface area (Å²) in [5.41, 5.74) is 2.90. The summed E-state index contributed by atoms with van der Waals surface area (Å²) in [6.45, 7) is 6.78. The maximum atomic E-state index is 12.8. The molecule has 7 nitrogen and oxygen atoms in total. The summed E-state index contributed by atoms with van der Waals surface area (Å²) >= 11 is 0. The molecule has 0 radical (unpaired) electrons. The second-order valence-corrected chi connectivity index (χ2v) is 7.22. The molecular formula is C22H24N6O. The van der Waals surface area contributed by atoms with Crippen molar-refractivity contribution in [1.82, 2.24) is 20.1 Å². The number of rotatable bonds is 4. The van der Waals surface area contributed by atoms with Gasteiger partial charge in [-0.2, -0.15) is 0 Å². The van der Waals surface area contributed by atoms with Gasteiger partial charge in [-0.15, -0.1) is 10.2 Å². The molecular weight excluding hydrogens is 364 g/mol. The fourth-order valence-electron chi connectivity index (χ4n) is 3.36. The first kappa shape index (κ1) is 18.9. The number of aryl methyl sites for hydroxylation is 2. The van der Waals surface area contributed by atoms with Crippen LogP contribution in [0.4, 0.5) is 17.5 Å². The molecule has 1 fully saturated rings. The van der Waals surface area contributed by atoms with Crippen LogP contribution >= 0.6 is 0 Å². The Bertz CT molecular complexity index is 979. The van der Waals surface area contributed by atoms with Crippen LogP contribution < -0.4 is 10.2 Å². The first-order valence-corrected chi connectivity index (χ1v) is 9.73. The van der Waals surface area contributed by atoms with Crippen molar-refractivity contribution >= 4 is 23.4 Å². The van der Waals surface area contributed by atoms with E-state index in [1.165, 1.54) is 0 Å². The third kappa shape index (κ3) is 4.34. The van der Waals surface area contributed by atoms with Gasteiger partial charge in [0.1, 0.15) is 5.82 Å². The molecule has 29 heavy (non-hydrogen) atoms. The Balaban J connectivity index is 1.35. The number of pyridine rings is 1. The zero-order chi connectivity index (χ0) is 20.2. The van der Waals surface area contributed by atoms with Crippen molar-refractivity contribution in [2.45, 2.75) is 13.8 Å². The van der Waals surface area contributed by atoms with E-state index in [1.54, 1.807) is 0 Å². The van der Waals surface area contributed by atoms with E-state index in [-0.39, 0.29) is 5.91 Å². The number of piperazine rings is 1. The Kier molecular flexibility index (Phi) is 5.37. The van der Waals surface area contributed by atoms with Gasteiger partial charge in [0.25, 0.3) is 5.91 Å². The predicted octanol–water partition coefficient (Wildman–Crippen LogP) is 3.19. The minimum absolute atomic E-state index is 0.0963. The van der Waals surface area contributed by atoms with E-state index in [0.717, 1.165) is 41.4 Å². The summed E-state index contributed by atoms with van der Waals surface area (Å²) in [4.78, 5) is 21.1. The molecule has 2 aromatic heterocycles. The highest BCUT2D eigenvalue weighted by atomic mass is 16.2. The monoisotopic (exact) mass is 388 g/mol. The molecule has 1 aliphatic heterocycles. The van der Waals surface area contributed by atoms with Gasteiger partial charge in [-0.25, -0.2) is 4.98 Å². The SMILES string of the molecule is Cc1ccc(Nc2ccc(N3CCN(C(=O)c4ccccc4C)CC3)nn2)nc1. The lowest BCUT2D eigenvalue weighted by Crippen LogP contribution is -2.49. The zero-order valence-electron chi connectivity index (χ0n) is 16.7. The average Bonchev–Trinajstić information content (AvgIpc) is 2.76. The highest BCUT2D eigenvalue weighted by Crippen LogP contribution is 2.18. The molecule has 0 bridgehead atoms. The number of nitrogens with zero attached hydrogens (tertiary/aromatic N) is 5. The summed E-state index contributed by atoms with van der Waals surface area (Å²) in [6.07, 6.45) is 1.81. The van der Waals surface area contributed by atoms with E-state index in [1.807, 2.05) is 73.5 Å². The smallest absolute Gasteiger partial charge is 0.254 e.